The average molecular weight is 340 g/mol. The van der Waals surface area contributed by atoms with E-state index in [4.69, 9.17) is 0 Å². The summed E-state index contributed by atoms with van der Waals surface area (Å²) in [6, 6.07) is 12.4. The van der Waals surface area contributed by atoms with Crippen LogP contribution in [0.25, 0.3) is 10.9 Å². The van der Waals surface area contributed by atoms with Gasteiger partial charge in [0, 0.05) is 6.54 Å². The normalized spacial score (nSPS) is 10.8. The van der Waals surface area contributed by atoms with Crippen molar-refractivity contribution in [3.05, 3.63) is 75.8 Å². The number of carbonyl (C=O) groups is 1. The molecule has 0 unspecified atom stereocenters. The lowest BCUT2D eigenvalue weighted by Gasteiger charge is -2.06. The maximum Gasteiger partial charge on any atom is 0.261 e. The minimum Gasteiger partial charge on any atom is -0.508 e. The molecule has 128 valence electrons. The van der Waals surface area contributed by atoms with Crippen LogP contribution in [0.15, 0.2) is 53.3 Å². The number of aromatic amines is 1. The molecule has 0 aliphatic heterocycles. The maximum atomic E-state index is 13.2. The highest BCUT2D eigenvalue weighted by Crippen LogP contribution is 2.13. The van der Waals surface area contributed by atoms with E-state index in [0.717, 1.165) is 12.0 Å². The number of rotatable bonds is 5. The summed E-state index contributed by atoms with van der Waals surface area (Å²) < 4.78 is 13.2. The van der Waals surface area contributed by atoms with Gasteiger partial charge in [-0.15, -0.1) is 0 Å². The number of hydrogen-bond donors (Lipinski definition) is 3. The van der Waals surface area contributed by atoms with Gasteiger partial charge in [0.25, 0.3) is 11.5 Å². The summed E-state index contributed by atoms with van der Waals surface area (Å²) in [5.41, 5.74) is 0.865. The monoisotopic (exact) mass is 340 g/mol. The summed E-state index contributed by atoms with van der Waals surface area (Å²) in [5.74, 6) is -0.694. The number of phenolic OH excluding ortho intramolecular Hbond substituents is 1. The topological polar surface area (TPSA) is 82.2 Å². The molecule has 0 aliphatic carbocycles. The summed E-state index contributed by atoms with van der Waals surface area (Å²) in [5, 5.41) is 12.5. The second kappa shape index (κ2) is 7.17. The molecule has 3 aromatic rings. The molecule has 25 heavy (non-hydrogen) atoms. The van der Waals surface area contributed by atoms with E-state index in [1.807, 2.05) is 12.1 Å². The number of halogens is 1. The summed E-state index contributed by atoms with van der Waals surface area (Å²) in [4.78, 5) is 26.7. The van der Waals surface area contributed by atoms with Crippen LogP contribution in [0.3, 0.4) is 0 Å². The number of nitrogens with one attached hydrogen (secondary N) is 2. The highest BCUT2D eigenvalue weighted by atomic mass is 19.1. The molecule has 3 N–H and O–H groups in total. The quantitative estimate of drug-likeness (QED) is 0.625. The van der Waals surface area contributed by atoms with Crippen molar-refractivity contribution in [2.24, 2.45) is 0 Å². The first kappa shape index (κ1) is 16.7. The zero-order chi connectivity index (χ0) is 17.8. The molecule has 0 aliphatic rings. The SMILES string of the molecule is O=C(NCCCc1ccc(O)cc1)c1cc2ccc(F)cc2[nH]c1=O. The third-order valence-corrected chi connectivity index (χ3v) is 3.92. The predicted octanol–water partition coefficient (Wildman–Crippen LogP) is 2.74. The smallest absolute Gasteiger partial charge is 0.261 e. The van der Waals surface area contributed by atoms with Crippen molar-refractivity contribution in [2.75, 3.05) is 6.54 Å². The van der Waals surface area contributed by atoms with Crippen LogP contribution in [0.1, 0.15) is 22.3 Å². The van der Waals surface area contributed by atoms with Crippen LogP contribution >= 0.6 is 0 Å². The van der Waals surface area contributed by atoms with Crippen LogP contribution in [0, 0.1) is 5.82 Å². The van der Waals surface area contributed by atoms with Crippen LogP contribution in [0.4, 0.5) is 4.39 Å². The third-order valence-electron chi connectivity index (χ3n) is 3.92. The Labute approximate surface area is 143 Å². The van der Waals surface area contributed by atoms with Gasteiger partial charge in [0.05, 0.1) is 5.52 Å². The van der Waals surface area contributed by atoms with E-state index >= 15 is 0 Å². The Kier molecular flexibility index (Phi) is 4.79. The van der Waals surface area contributed by atoms with E-state index < -0.39 is 17.3 Å². The Morgan fingerprint density at radius 2 is 1.88 bits per heavy atom. The van der Waals surface area contributed by atoms with E-state index in [1.165, 1.54) is 24.3 Å². The highest BCUT2D eigenvalue weighted by molar-refractivity contribution is 5.97. The molecular formula is C19H17FN2O3. The lowest BCUT2D eigenvalue weighted by atomic mass is 10.1. The Morgan fingerprint density at radius 3 is 2.64 bits per heavy atom. The zero-order valence-electron chi connectivity index (χ0n) is 13.4. The summed E-state index contributed by atoms with van der Waals surface area (Å²) in [6.45, 7) is 0.417. The second-order valence-electron chi connectivity index (χ2n) is 5.77. The van der Waals surface area contributed by atoms with Gasteiger partial charge >= 0.3 is 0 Å². The molecule has 6 heteroatoms. The molecule has 1 amide bonds. The van der Waals surface area contributed by atoms with E-state index in [-0.39, 0.29) is 11.3 Å². The highest BCUT2D eigenvalue weighted by Gasteiger charge is 2.11. The first-order valence-corrected chi connectivity index (χ1v) is 7.91. The maximum absolute atomic E-state index is 13.2. The van der Waals surface area contributed by atoms with Crippen LogP contribution in [-0.4, -0.2) is 22.5 Å². The van der Waals surface area contributed by atoms with E-state index in [9.17, 15) is 19.1 Å². The Balaban J connectivity index is 1.62. The van der Waals surface area contributed by atoms with Crippen molar-refractivity contribution in [3.63, 3.8) is 0 Å². The Hall–Kier alpha value is -3.15. The molecule has 1 heterocycles. The standard InChI is InChI=1S/C19H17FN2O3/c20-14-6-5-13-10-16(19(25)22-17(13)11-14)18(24)21-9-1-2-12-3-7-15(23)8-4-12/h3-8,10-11,23H,1-2,9H2,(H,21,24)(H,22,25). The lowest BCUT2D eigenvalue weighted by molar-refractivity contribution is 0.0952. The molecule has 0 bridgehead atoms. The number of hydrogen-bond acceptors (Lipinski definition) is 3. The number of benzene rings is 2. The van der Waals surface area contributed by atoms with Gasteiger partial charge in [0.2, 0.25) is 0 Å². The number of pyridine rings is 1. The lowest BCUT2D eigenvalue weighted by Crippen LogP contribution is -2.30. The third kappa shape index (κ3) is 4.03. The minimum atomic E-state index is -0.547. The Morgan fingerprint density at radius 1 is 1.12 bits per heavy atom. The van der Waals surface area contributed by atoms with Gasteiger partial charge in [-0.2, -0.15) is 0 Å². The van der Waals surface area contributed by atoms with Crippen LogP contribution < -0.4 is 10.9 Å². The van der Waals surface area contributed by atoms with E-state index in [2.05, 4.69) is 10.3 Å². The van der Waals surface area contributed by atoms with E-state index in [0.29, 0.717) is 23.9 Å². The molecule has 5 nitrogen and oxygen atoms in total. The van der Waals surface area contributed by atoms with Gasteiger partial charge in [0.1, 0.15) is 17.1 Å². The van der Waals surface area contributed by atoms with Crippen molar-refractivity contribution in [1.29, 1.82) is 0 Å². The number of H-pyrrole nitrogens is 1. The summed E-state index contributed by atoms with van der Waals surface area (Å²) in [7, 11) is 0. The molecular weight excluding hydrogens is 323 g/mol. The van der Waals surface area contributed by atoms with Gasteiger partial charge in [-0.3, -0.25) is 9.59 Å². The van der Waals surface area contributed by atoms with Crippen molar-refractivity contribution < 1.29 is 14.3 Å². The number of carbonyl (C=O) groups excluding carboxylic acids is 1. The Bertz CT molecular complexity index is 965. The van der Waals surface area contributed by atoms with Gasteiger partial charge in [-0.25, -0.2) is 4.39 Å². The molecule has 0 radical (unpaired) electrons. The number of aryl methyl sites for hydroxylation is 1. The van der Waals surface area contributed by atoms with E-state index in [1.54, 1.807) is 12.1 Å². The van der Waals surface area contributed by atoms with Crippen molar-refractivity contribution in [1.82, 2.24) is 10.3 Å². The van der Waals surface area contributed by atoms with Gasteiger partial charge in [0.15, 0.2) is 0 Å². The fraction of sp³-hybridized carbons (Fsp3) is 0.158. The molecule has 0 atom stereocenters. The molecule has 0 spiro atoms. The van der Waals surface area contributed by atoms with Gasteiger partial charge < -0.3 is 15.4 Å². The largest absolute Gasteiger partial charge is 0.508 e. The molecule has 0 fully saturated rings. The molecule has 0 saturated carbocycles. The average Bonchev–Trinajstić information content (AvgIpc) is 2.59. The second-order valence-corrected chi connectivity index (χ2v) is 5.77. The first-order chi connectivity index (χ1) is 12.0. The van der Waals surface area contributed by atoms with Crippen LogP contribution in [0.5, 0.6) is 5.75 Å². The van der Waals surface area contributed by atoms with Gasteiger partial charge in [-0.1, -0.05) is 12.1 Å². The number of aromatic nitrogens is 1. The number of amides is 1. The fourth-order valence-corrected chi connectivity index (χ4v) is 2.59. The van der Waals surface area contributed by atoms with Crippen LogP contribution in [-0.2, 0) is 6.42 Å². The first-order valence-electron chi connectivity index (χ1n) is 7.91. The van der Waals surface area contributed by atoms with Crippen molar-refractivity contribution >= 4 is 16.8 Å². The molecule has 1 aromatic heterocycles. The number of phenols is 1. The minimum absolute atomic E-state index is 0.00346. The van der Waals surface area contributed by atoms with Crippen molar-refractivity contribution in [3.8, 4) is 5.75 Å². The van der Waals surface area contributed by atoms with Gasteiger partial charge in [-0.05, 0) is 60.2 Å². The molecule has 3 rings (SSSR count). The number of aromatic hydroxyl groups is 1. The van der Waals surface area contributed by atoms with Crippen LogP contribution in [0.2, 0.25) is 0 Å². The molecule has 0 saturated heterocycles. The number of fused-ring (bicyclic) bond motifs is 1. The fourth-order valence-electron chi connectivity index (χ4n) is 2.59. The summed E-state index contributed by atoms with van der Waals surface area (Å²) >= 11 is 0. The van der Waals surface area contributed by atoms with Crippen molar-refractivity contribution in [2.45, 2.75) is 12.8 Å². The molecule has 2 aromatic carbocycles. The summed E-state index contributed by atoms with van der Waals surface area (Å²) in [6.07, 6.45) is 1.45. The zero-order valence-corrected chi connectivity index (χ0v) is 13.4. The predicted molar refractivity (Wildman–Crippen MR) is 93.3 cm³/mol.